The minimum absolute atomic E-state index is 0.661. The monoisotopic (exact) mass is 288 g/mol. The predicted octanol–water partition coefficient (Wildman–Crippen LogP) is 5.37. The molecule has 0 saturated heterocycles. The van der Waals surface area contributed by atoms with Crippen LogP contribution in [0.4, 0.5) is 0 Å². The molecule has 116 valence electrons. The van der Waals surface area contributed by atoms with E-state index in [-0.39, 0.29) is 0 Å². The van der Waals surface area contributed by atoms with Crippen LogP contribution in [0.1, 0.15) is 67.2 Å². The lowest BCUT2D eigenvalue weighted by molar-refractivity contribution is 0.156. The van der Waals surface area contributed by atoms with Crippen molar-refractivity contribution in [3.8, 4) is 0 Å². The fourth-order valence-corrected chi connectivity index (χ4v) is 6.65. The molecule has 0 aromatic heterocycles. The molecule has 0 unspecified atom stereocenters. The fraction of sp³-hybridized carbons (Fsp3) is 1.00. The number of hydrogen-bond acceptors (Lipinski definition) is 2. The second-order valence-electron chi connectivity index (χ2n) is 6.51. The van der Waals surface area contributed by atoms with E-state index in [1.807, 2.05) is 0 Å². The van der Waals surface area contributed by atoms with Gasteiger partial charge < -0.3 is 8.85 Å². The highest BCUT2D eigenvalue weighted by molar-refractivity contribution is 6.67. The summed E-state index contributed by atoms with van der Waals surface area (Å²) in [5.41, 5.74) is 0. The van der Waals surface area contributed by atoms with Crippen molar-refractivity contribution in [1.29, 1.82) is 0 Å². The Morgan fingerprint density at radius 1 is 0.737 bits per heavy atom. The quantitative estimate of drug-likeness (QED) is 0.355. The van der Waals surface area contributed by atoms with E-state index >= 15 is 0 Å². The second-order valence-corrected chi connectivity index (χ2v) is 9.73. The molecule has 0 spiro atoms. The van der Waals surface area contributed by atoms with E-state index in [1.165, 1.54) is 12.8 Å². The van der Waals surface area contributed by atoms with Crippen molar-refractivity contribution in [3.05, 3.63) is 0 Å². The molecule has 0 amide bonds. The summed E-state index contributed by atoms with van der Waals surface area (Å²) in [5, 5.41) is 0. The van der Waals surface area contributed by atoms with Gasteiger partial charge in [0.1, 0.15) is 0 Å². The highest BCUT2D eigenvalue weighted by Crippen LogP contribution is 2.28. The van der Waals surface area contributed by atoms with Gasteiger partial charge in [0.2, 0.25) is 0 Å². The van der Waals surface area contributed by atoms with E-state index in [0.29, 0.717) is 11.8 Å². The van der Waals surface area contributed by atoms with Crippen molar-refractivity contribution in [2.24, 2.45) is 11.8 Å². The fourth-order valence-electron chi connectivity index (χ4n) is 2.41. The maximum absolute atomic E-state index is 6.36. The van der Waals surface area contributed by atoms with Crippen LogP contribution in [-0.2, 0) is 8.85 Å². The second kappa shape index (κ2) is 10.9. The van der Waals surface area contributed by atoms with Crippen LogP contribution in [0.5, 0.6) is 0 Å². The number of rotatable bonds is 12. The van der Waals surface area contributed by atoms with E-state index in [4.69, 9.17) is 8.85 Å². The van der Waals surface area contributed by atoms with Crippen molar-refractivity contribution in [2.45, 2.75) is 79.3 Å². The molecule has 0 radical (unpaired) electrons. The van der Waals surface area contributed by atoms with Gasteiger partial charge in [-0.15, -0.1) is 0 Å². The zero-order valence-electron chi connectivity index (χ0n) is 14.1. The molecular weight excluding hydrogens is 252 g/mol. The van der Waals surface area contributed by atoms with E-state index in [1.54, 1.807) is 0 Å². The molecule has 0 heterocycles. The lowest BCUT2D eigenvalue weighted by Crippen LogP contribution is -2.45. The summed E-state index contributed by atoms with van der Waals surface area (Å²) < 4.78 is 12.7. The van der Waals surface area contributed by atoms with Crippen LogP contribution in [0, 0.1) is 11.8 Å². The van der Waals surface area contributed by atoms with Gasteiger partial charge in [0, 0.05) is 13.2 Å². The normalized spacial score (nSPS) is 12.6. The van der Waals surface area contributed by atoms with E-state index in [9.17, 15) is 0 Å². The van der Waals surface area contributed by atoms with E-state index in [2.05, 4.69) is 41.5 Å². The molecule has 0 bridgehead atoms. The maximum atomic E-state index is 6.36. The summed E-state index contributed by atoms with van der Waals surface area (Å²) in [6.07, 6.45) is 4.70. The van der Waals surface area contributed by atoms with Crippen molar-refractivity contribution in [1.82, 2.24) is 0 Å². The lowest BCUT2D eigenvalue weighted by atomic mass is 10.3. The minimum Gasteiger partial charge on any atom is -0.394 e. The van der Waals surface area contributed by atoms with Crippen LogP contribution < -0.4 is 0 Å². The van der Waals surface area contributed by atoms with Gasteiger partial charge in [0.25, 0.3) is 0 Å². The summed E-state index contributed by atoms with van der Waals surface area (Å²) >= 11 is 0. The Morgan fingerprint density at radius 3 is 1.37 bits per heavy atom. The highest BCUT2D eigenvalue weighted by Gasteiger charge is 2.38. The van der Waals surface area contributed by atoms with Gasteiger partial charge in [-0.25, -0.2) is 0 Å². The SMILES string of the molecule is CCCCO[Si](CC(C)C)(CC(C)C)OCCCC. The molecule has 2 nitrogen and oxygen atoms in total. The first-order valence-corrected chi connectivity index (χ1v) is 10.5. The average molecular weight is 289 g/mol. The van der Waals surface area contributed by atoms with E-state index in [0.717, 1.165) is 38.1 Å². The van der Waals surface area contributed by atoms with Gasteiger partial charge in [0.05, 0.1) is 0 Å². The molecule has 0 saturated carbocycles. The predicted molar refractivity (Wildman–Crippen MR) is 86.8 cm³/mol. The Labute approximate surface area is 122 Å². The Morgan fingerprint density at radius 2 is 1.11 bits per heavy atom. The average Bonchev–Trinajstić information content (AvgIpc) is 2.27. The molecule has 0 aliphatic heterocycles. The van der Waals surface area contributed by atoms with Crippen LogP contribution in [0.3, 0.4) is 0 Å². The third kappa shape index (κ3) is 9.64. The van der Waals surface area contributed by atoms with Crippen molar-refractivity contribution < 1.29 is 8.85 Å². The first-order chi connectivity index (χ1) is 8.95. The standard InChI is InChI=1S/C16H36O2Si/c1-7-9-11-17-19(13-15(3)4,14-16(5)6)18-12-10-8-2/h15-16H,7-14H2,1-6H3. The van der Waals surface area contributed by atoms with Gasteiger partial charge in [-0.2, -0.15) is 0 Å². The van der Waals surface area contributed by atoms with Crippen molar-refractivity contribution in [2.75, 3.05) is 13.2 Å². The molecule has 0 aromatic carbocycles. The summed E-state index contributed by atoms with van der Waals surface area (Å²) in [6, 6.07) is 2.28. The molecule has 0 rings (SSSR count). The third-order valence-electron chi connectivity index (χ3n) is 3.16. The summed E-state index contributed by atoms with van der Waals surface area (Å²) in [7, 11) is -2.00. The zero-order chi connectivity index (χ0) is 14.7. The van der Waals surface area contributed by atoms with Gasteiger partial charge in [-0.3, -0.25) is 0 Å². The topological polar surface area (TPSA) is 18.5 Å². The smallest absolute Gasteiger partial charge is 0.338 e. The van der Waals surface area contributed by atoms with Gasteiger partial charge >= 0.3 is 8.56 Å². The molecule has 0 aliphatic carbocycles. The lowest BCUT2D eigenvalue weighted by Gasteiger charge is -2.33. The van der Waals surface area contributed by atoms with Gasteiger partial charge in [-0.1, -0.05) is 54.4 Å². The van der Waals surface area contributed by atoms with E-state index < -0.39 is 8.56 Å². The summed E-state index contributed by atoms with van der Waals surface area (Å²) in [4.78, 5) is 0. The Balaban J connectivity index is 4.63. The highest BCUT2D eigenvalue weighted by atomic mass is 28.4. The van der Waals surface area contributed by atoms with Gasteiger partial charge in [-0.05, 0) is 36.8 Å². The summed E-state index contributed by atoms with van der Waals surface area (Å²) in [5.74, 6) is 1.32. The molecule has 19 heavy (non-hydrogen) atoms. The van der Waals surface area contributed by atoms with Crippen LogP contribution in [0.25, 0.3) is 0 Å². The molecular formula is C16H36O2Si. The maximum Gasteiger partial charge on any atom is 0.338 e. The third-order valence-corrected chi connectivity index (χ3v) is 7.50. The van der Waals surface area contributed by atoms with Crippen molar-refractivity contribution in [3.63, 3.8) is 0 Å². The minimum atomic E-state index is -2.00. The van der Waals surface area contributed by atoms with Crippen LogP contribution in [-0.4, -0.2) is 21.8 Å². The van der Waals surface area contributed by atoms with Crippen LogP contribution >= 0.6 is 0 Å². The molecule has 0 N–H and O–H groups in total. The first kappa shape index (κ1) is 19.1. The molecule has 3 heteroatoms. The Hall–Kier alpha value is 0.137. The Bertz CT molecular complexity index is 183. The molecule has 0 fully saturated rings. The number of unbranched alkanes of at least 4 members (excludes halogenated alkanes) is 2. The van der Waals surface area contributed by atoms with Crippen LogP contribution in [0.15, 0.2) is 0 Å². The largest absolute Gasteiger partial charge is 0.394 e. The molecule has 0 aromatic rings. The molecule has 0 aliphatic rings. The molecule has 0 atom stereocenters. The van der Waals surface area contributed by atoms with Crippen LogP contribution in [0.2, 0.25) is 12.1 Å². The number of hydrogen-bond donors (Lipinski definition) is 0. The Kier molecular flexibility index (Phi) is 10.9. The van der Waals surface area contributed by atoms with Gasteiger partial charge in [0.15, 0.2) is 0 Å². The summed E-state index contributed by atoms with van der Waals surface area (Å²) in [6.45, 7) is 15.3. The van der Waals surface area contributed by atoms with Crippen molar-refractivity contribution >= 4 is 8.56 Å². The first-order valence-electron chi connectivity index (χ1n) is 8.23. The zero-order valence-corrected chi connectivity index (χ0v) is 15.1.